The van der Waals surface area contributed by atoms with Gasteiger partial charge in [-0.05, 0) is 44.9 Å². The number of carbonyl (C=O) groups excluding carboxylic acids is 1. The van der Waals surface area contributed by atoms with Crippen LogP contribution >= 0.6 is 0 Å². The molecule has 1 amide bonds. The molecule has 1 N–H and O–H groups in total. The number of aliphatic carboxylic acids is 1. The van der Waals surface area contributed by atoms with Gasteiger partial charge in [0.25, 0.3) is 0 Å². The number of aryl methyl sites for hydroxylation is 1. The van der Waals surface area contributed by atoms with Gasteiger partial charge in [0.2, 0.25) is 5.91 Å². The molecule has 1 aromatic rings. The molecule has 0 saturated carbocycles. The molecule has 0 aliphatic carbocycles. The van der Waals surface area contributed by atoms with Gasteiger partial charge in [0.15, 0.2) is 0 Å². The highest BCUT2D eigenvalue weighted by Crippen LogP contribution is 2.16. The van der Waals surface area contributed by atoms with Crippen LogP contribution < -0.4 is 0 Å². The van der Waals surface area contributed by atoms with E-state index in [0.29, 0.717) is 6.54 Å². The molecule has 4 nitrogen and oxygen atoms in total. The highest BCUT2D eigenvalue weighted by atomic mass is 16.4. The van der Waals surface area contributed by atoms with Gasteiger partial charge in [0.1, 0.15) is 5.54 Å². The standard InChI is InChI=1S/C16H21NO3/c1-5-17(16(3,4)15(19)20)14(18)11-10-13-9-7-6-8-12(13)2/h6-11H,5H2,1-4H3,(H,19,20). The maximum Gasteiger partial charge on any atom is 0.329 e. The second kappa shape index (κ2) is 6.37. The zero-order valence-electron chi connectivity index (χ0n) is 12.4. The first-order valence-corrected chi connectivity index (χ1v) is 6.59. The summed E-state index contributed by atoms with van der Waals surface area (Å²) in [5.41, 5.74) is 0.796. The third-order valence-corrected chi connectivity index (χ3v) is 3.37. The first kappa shape index (κ1) is 16.0. The topological polar surface area (TPSA) is 57.6 Å². The summed E-state index contributed by atoms with van der Waals surface area (Å²) in [6.45, 7) is 7.13. The lowest BCUT2D eigenvalue weighted by atomic mass is 10.0. The minimum Gasteiger partial charge on any atom is -0.480 e. The third kappa shape index (κ3) is 3.47. The SMILES string of the molecule is CCN(C(=O)C=Cc1ccccc1C)C(C)(C)C(=O)O. The van der Waals surface area contributed by atoms with Crippen LogP contribution in [0.2, 0.25) is 0 Å². The van der Waals surface area contributed by atoms with Crippen molar-refractivity contribution in [2.24, 2.45) is 0 Å². The molecule has 0 aliphatic rings. The Morgan fingerprint density at radius 1 is 1.30 bits per heavy atom. The summed E-state index contributed by atoms with van der Waals surface area (Å²) in [6, 6.07) is 7.71. The smallest absolute Gasteiger partial charge is 0.329 e. The largest absolute Gasteiger partial charge is 0.480 e. The molecular weight excluding hydrogens is 254 g/mol. The van der Waals surface area contributed by atoms with Crippen molar-refractivity contribution < 1.29 is 14.7 Å². The van der Waals surface area contributed by atoms with Crippen LogP contribution in [-0.2, 0) is 9.59 Å². The molecule has 1 aromatic carbocycles. The van der Waals surface area contributed by atoms with Gasteiger partial charge >= 0.3 is 5.97 Å². The average Bonchev–Trinajstić information content (AvgIpc) is 2.38. The maximum absolute atomic E-state index is 12.2. The number of nitrogens with zero attached hydrogens (tertiary/aromatic N) is 1. The van der Waals surface area contributed by atoms with Gasteiger partial charge < -0.3 is 10.0 Å². The molecule has 0 aliphatic heterocycles. The second-order valence-corrected chi connectivity index (χ2v) is 5.14. The van der Waals surface area contributed by atoms with Gasteiger partial charge in [-0.25, -0.2) is 4.79 Å². The molecule has 0 atom stereocenters. The Balaban J connectivity index is 2.94. The summed E-state index contributed by atoms with van der Waals surface area (Å²) in [4.78, 5) is 24.8. The van der Waals surface area contributed by atoms with E-state index >= 15 is 0 Å². The number of likely N-dealkylation sites (N-methyl/N-ethyl adjacent to an activating group) is 1. The molecule has 0 spiro atoms. The highest BCUT2D eigenvalue weighted by Gasteiger charge is 2.35. The quantitative estimate of drug-likeness (QED) is 0.841. The van der Waals surface area contributed by atoms with Crippen molar-refractivity contribution in [1.82, 2.24) is 4.90 Å². The first-order chi connectivity index (χ1) is 9.30. The minimum atomic E-state index is -1.22. The van der Waals surface area contributed by atoms with Crippen molar-refractivity contribution in [3.8, 4) is 0 Å². The predicted octanol–water partition coefficient (Wildman–Crippen LogP) is 2.72. The van der Waals surface area contributed by atoms with E-state index in [1.807, 2.05) is 31.2 Å². The van der Waals surface area contributed by atoms with Crippen LogP contribution in [0.5, 0.6) is 0 Å². The van der Waals surface area contributed by atoms with Crippen molar-refractivity contribution in [1.29, 1.82) is 0 Å². The molecule has 20 heavy (non-hydrogen) atoms. The third-order valence-electron chi connectivity index (χ3n) is 3.37. The van der Waals surface area contributed by atoms with Crippen LogP contribution in [0, 0.1) is 6.92 Å². The minimum absolute atomic E-state index is 0.303. The summed E-state index contributed by atoms with van der Waals surface area (Å²) >= 11 is 0. The van der Waals surface area contributed by atoms with E-state index in [9.17, 15) is 14.7 Å². The summed E-state index contributed by atoms with van der Waals surface area (Å²) in [6.07, 6.45) is 3.15. The fourth-order valence-electron chi connectivity index (χ4n) is 1.97. The number of carbonyl (C=O) groups is 2. The Kier molecular flexibility index (Phi) is 5.08. The van der Waals surface area contributed by atoms with E-state index < -0.39 is 11.5 Å². The van der Waals surface area contributed by atoms with Gasteiger partial charge in [0, 0.05) is 12.6 Å². The number of hydrogen-bond donors (Lipinski definition) is 1. The maximum atomic E-state index is 12.2. The lowest BCUT2D eigenvalue weighted by Gasteiger charge is -2.33. The Hall–Kier alpha value is -2.10. The van der Waals surface area contributed by atoms with Gasteiger partial charge in [-0.15, -0.1) is 0 Å². The highest BCUT2D eigenvalue weighted by molar-refractivity contribution is 5.95. The molecule has 0 saturated heterocycles. The Morgan fingerprint density at radius 2 is 1.90 bits per heavy atom. The van der Waals surface area contributed by atoms with Gasteiger partial charge in [-0.3, -0.25) is 4.79 Å². The van der Waals surface area contributed by atoms with Crippen LogP contribution in [0.4, 0.5) is 0 Å². The zero-order chi connectivity index (χ0) is 15.3. The molecule has 108 valence electrons. The zero-order valence-corrected chi connectivity index (χ0v) is 12.4. The van der Waals surface area contributed by atoms with Crippen molar-refractivity contribution >= 4 is 18.0 Å². The Labute approximate surface area is 119 Å². The summed E-state index contributed by atoms with van der Waals surface area (Å²) in [7, 11) is 0. The van der Waals surface area contributed by atoms with E-state index in [1.165, 1.54) is 24.8 Å². The van der Waals surface area contributed by atoms with E-state index in [2.05, 4.69) is 0 Å². The van der Waals surface area contributed by atoms with Crippen LogP contribution in [0.3, 0.4) is 0 Å². The summed E-state index contributed by atoms with van der Waals surface area (Å²) in [5.74, 6) is -1.32. The van der Waals surface area contributed by atoms with Crippen LogP contribution in [0.15, 0.2) is 30.3 Å². The number of rotatable bonds is 5. The molecule has 0 unspecified atom stereocenters. The monoisotopic (exact) mass is 275 g/mol. The number of benzene rings is 1. The Morgan fingerprint density at radius 3 is 2.40 bits per heavy atom. The first-order valence-electron chi connectivity index (χ1n) is 6.59. The normalized spacial score (nSPS) is 11.6. The molecule has 0 fully saturated rings. The van der Waals surface area contributed by atoms with E-state index in [0.717, 1.165) is 11.1 Å². The lowest BCUT2D eigenvalue weighted by Crippen LogP contribution is -2.52. The second-order valence-electron chi connectivity index (χ2n) is 5.14. The molecular formula is C16H21NO3. The van der Waals surface area contributed by atoms with Crippen molar-refractivity contribution in [2.45, 2.75) is 33.2 Å². The van der Waals surface area contributed by atoms with Crippen molar-refractivity contribution in [3.05, 3.63) is 41.5 Å². The molecule has 0 aromatic heterocycles. The van der Waals surface area contributed by atoms with Crippen molar-refractivity contribution in [3.63, 3.8) is 0 Å². The van der Waals surface area contributed by atoms with E-state index in [1.54, 1.807) is 13.0 Å². The fourth-order valence-corrected chi connectivity index (χ4v) is 1.97. The fraction of sp³-hybridized carbons (Fsp3) is 0.375. The van der Waals surface area contributed by atoms with Crippen LogP contribution in [-0.4, -0.2) is 34.0 Å². The van der Waals surface area contributed by atoms with Gasteiger partial charge in [0.05, 0.1) is 0 Å². The van der Waals surface area contributed by atoms with Gasteiger partial charge in [-0.2, -0.15) is 0 Å². The molecule has 0 radical (unpaired) electrons. The van der Waals surface area contributed by atoms with E-state index in [-0.39, 0.29) is 5.91 Å². The van der Waals surface area contributed by atoms with E-state index in [4.69, 9.17) is 0 Å². The summed E-state index contributed by atoms with van der Waals surface area (Å²) in [5, 5.41) is 9.20. The molecule has 4 heteroatoms. The Bertz CT molecular complexity index is 532. The number of carboxylic acids is 1. The van der Waals surface area contributed by atoms with Crippen molar-refractivity contribution in [2.75, 3.05) is 6.54 Å². The summed E-state index contributed by atoms with van der Waals surface area (Å²) < 4.78 is 0. The molecule has 0 bridgehead atoms. The molecule has 1 rings (SSSR count). The number of carboxylic acid groups (broad SMARTS) is 1. The average molecular weight is 275 g/mol. The number of hydrogen-bond acceptors (Lipinski definition) is 2. The number of amides is 1. The van der Waals surface area contributed by atoms with Crippen LogP contribution in [0.25, 0.3) is 6.08 Å². The predicted molar refractivity (Wildman–Crippen MR) is 79.3 cm³/mol. The lowest BCUT2D eigenvalue weighted by molar-refractivity contribution is -0.154. The van der Waals surface area contributed by atoms with Crippen LogP contribution in [0.1, 0.15) is 31.9 Å². The van der Waals surface area contributed by atoms with Gasteiger partial charge in [-0.1, -0.05) is 24.3 Å². The molecule has 0 heterocycles.